The minimum atomic E-state index is -0.320. The number of aliphatic hydroxyl groups excluding tert-OH is 2. The second-order valence-corrected chi connectivity index (χ2v) is 5.45. The molecular weight excluding hydrogens is 256 g/mol. The Labute approximate surface area is 124 Å². The molecule has 2 atom stereocenters. The van der Waals surface area contributed by atoms with Gasteiger partial charge in [-0.15, -0.1) is 0 Å². The zero-order valence-corrected chi connectivity index (χ0v) is 13.4. The predicted octanol–water partition coefficient (Wildman–Crippen LogP) is 2.90. The summed E-state index contributed by atoms with van der Waals surface area (Å²) in [5.41, 5.74) is 0. The summed E-state index contributed by atoms with van der Waals surface area (Å²) in [4.78, 5) is 0. The largest absolute Gasteiger partial charge is 0.391 e. The van der Waals surface area contributed by atoms with Gasteiger partial charge >= 0.3 is 0 Å². The summed E-state index contributed by atoms with van der Waals surface area (Å²) in [6.07, 6.45) is 7.22. The highest BCUT2D eigenvalue weighted by Crippen LogP contribution is 2.03. The lowest BCUT2D eigenvalue weighted by Crippen LogP contribution is -2.16. The number of hydrogen-bond donors (Lipinski definition) is 2. The Morgan fingerprint density at radius 2 is 1.10 bits per heavy atom. The van der Waals surface area contributed by atoms with Crippen LogP contribution in [0, 0.1) is 0 Å². The number of aliphatic hydroxyl groups is 2. The van der Waals surface area contributed by atoms with E-state index in [9.17, 15) is 10.2 Å². The minimum Gasteiger partial charge on any atom is -0.391 e. The lowest BCUT2D eigenvalue weighted by molar-refractivity contribution is 0.0167. The van der Waals surface area contributed by atoms with Crippen molar-refractivity contribution in [1.29, 1.82) is 0 Å². The molecule has 4 heteroatoms. The summed E-state index contributed by atoms with van der Waals surface area (Å²) in [5, 5.41) is 19.2. The van der Waals surface area contributed by atoms with Gasteiger partial charge in [0.15, 0.2) is 0 Å². The summed E-state index contributed by atoms with van der Waals surface area (Å²) >= 11 is 0. The molecule has 0 aromatic rings. The monoisotopic (exact) mass is 290 g/mol. The molecule has 0 heterocycles. The molecule has 0 aliphatic carbocycles. The third-order valence-electron chi connectivity index (χ3n) is 3.23. The van der Waals surface area contributed by atoms with Gasteiger partial charge in [-0.05, 0) is 25.7 Å². The van der Waals surface area contributed by atoms with E-state index in [4.69, 9.17) is 9.47 Å². The number of ether oxygens (including phenoxy) is 2. The number of unbranched alkanes of at least 4 members (excludes halogenated alkanes) is 3. The van der Waals surface area contributed by atoms with Crippen LogP contribution < -0.4 is 0 Å². The van der Waals surface area contributed by atoms with Crippen LogP contribution in [0.2, 0.25) is 0 Å². The van der Waals surface area contributed by atoms with Gasteiger partial charge in [0.25, 0.3) is 0 Å². The summed E-state index contributed by atoms with van der Waals surface area (Å²) < 4.78 is 10.8. The molecular formula is C16H34O4. The van der Waals surface area contributed by atoms with Crippen molar-refractivity contribution in [3.63, 3.8) is 0 Å². The van der Waals surface area contributed by atoms with Gasteiger partial charge in [0.1, 0.15) is 0 Å². The maximum absolute atomic E-state index is 9.58. The van der Waals surface area contributed by atoms with Crippen LogP contribution in [0.4, 0.5) is 0 Å². The van der Waals surface area contributed by atoms with E-state index in [-0.39, 0.29) is 12.2 Å². The van der Waals surface area contributed by atoms with E-state index in [1.165, 1.54) is 0 Å². The molecule has 2 N–H and O–H groups in total. The third-order valence-corrected chi connectivity index (χ3v) is 3.23. The topological polar surface area (TPSA) is 58.9 Å². The lowest BCUT2D eigenvalue weighted by Gasteiger charge is -2.11. The smallest absolute Gasteiger partial charge is 0.0773 e. The molecule has 0 amide bonds. The van der Waals surface area contributed by atoms with Gasteiger partial charge in [-0.2, -0.15) is 0 Å². The maximum Gasteiger partial charge on any atom is 0.0773 e. The second-order valence-electron chi connectivity index (χ2n) is 5.45. The van der Waals surface area contributed by atoms with Crippen LogP contribution in [0.15, 0.2) is 0 Å². The molecule has 0 aromatic heterocycles. The Morgan fingerprint density at radius 1 is 0.700 bits per heavy atom. The maximum atomic E-state index is 9.58. The van der Waals surface area contributed by atoms with E-state index in [1.54, 1.807) is 0 Å². The highest BCUT2D eigenvalue weighted by molar-refractivity contribution is 4.54. The normalized spacial score (nSPS) is 14.4. The first-order valence-electron chi connectivity index (χ1n) is 8.22. The Hall–Kier alpha value is -0.160. The molecule has 4 nitrogen and oxygen atoms in total. The minimum absolute atomic E-state index is 0.320. The molecule has 20 heavy (non-hydrogen) atoms. The van der Waals surface area contributed by atoms with Crippen LogP contribution >= 0.6 is 0 Å². The Morgan fingerprint density at radius 3 is 1.45 bits per heavy atom. The number of rotatable bonds is 15. The predicted molar refractivity (Wildman–Crippen MR) is 81.9 cm³/mol. The molecule has 0 aromatic carbocycles. The van der Waals surface area contributed by atoms with Gasteiger partial charge in [0.05, 0.1) is 25.4 Å². The van der Waals surface area contributed by atoms with E-state index >= 15 is 0 Å². The highest BCUT2D eigenvalue weighted by Gasteiger charge is 2.04. The van der Waals surface area contributed by atoms with Crippen molar-refractivity contribution in [2.75, 3.05) is 26.4 Å². The molecule has 0 rings (SSSR count). The van der Waals surface area contributed by atoms with Crippen molar-refractivity contribution in [3.8, 4) is 0 Å². The fourth-order valence-corrected chi connectivity index (χ4v) is 1.89. The summed E-state index contributed by atoms with van der Waals surface area (Å²) in [6, 6.07) is 0. The average molecular weight is 290 g/mol. The molecule has 2 unspecified atom stereocenters. The summed E-state index contributed by atoms with van der Waals surface area (Å²) in [7, 11) is 0. The van der Waals surface area contributed by atoms with Crippen LogP contribution in [0.5, 0.6) is 0 Å². The molecule has 0 aliphatic rings. The zero-order valence-electron chi connectivity index (χ0n) is 13.4. The fourth-order valence-electron chi connectivity index (χ4n) is 1.89. The molecule has 0 aliphatic heterocycles. The van der Waals surface area contributed by atoms with Crippen LogP contribution in [0.1, 0.15) is 65.2 Å². The first-order valence-corrected chi connectivity index (χ1v) is 8.22. The fraction of sp³-hybridized carbons (Fsp3) is 1.00. The van der Waals surface area contributed by atoms with Gasteiger partial charge in [-0.25, -0.2) is 0 Å². The van der Waals surface area contributed by atoms with E-state index in [0.717, 1.165) is 51.4 Å². The quantitative estimate of drug-likeness (QED) is 0.455. The van der Waals surface area contributed by atoms with Crippen molar-refractivity contribution >= 4 is 0 Å². The van der Waals surface area contributed by atoms with Gasteiger partial charge in [0, 0.05) is 13.2 Å². The standard InChI is InChI=1S/C16H34O4/c1-3-5-9-15(17)13-19-11-7-8-12-20-14-16(18)10-6-4-2/h15-18H,3-14H2,1-2H3. The third kappa shape index (κ3) is 14.3. The van der Waals surface area contributed by atoms with Crippen molar-refractivity contribution in [3.05, 3.63) is 0 Å². The van der Waals surface area contributed by atoms with Crippen molar-refractivity contribution in [1.82, 2.24) is 0 Å². The van der Waals surface area contributed by atoms with Gasteiger partial charge in [0.2, 0.25) is 0 Å². The molecule has 0 saturated carbocycles. The van der Waals surface area contributed by atoms with Crippen molar-refractivity contribution < 1.29 is 19.7 Å². The Balaban J connectivity index is 3.16. The van der Waals surface area contributed by atoms with Gasteiger partial charge in [-0.3, -0.25) is 0 Å². The van der Waals surface area contributed by atoms with E-state index in [1.807, 2.05) is 0 Å². The van der Waals surface area contributed by atoms with Crippen molar-refractivity contribution in [2.45, 2.75) is 77.4 Å². The first kappa shape index (κ1) is 19.8. The Bertz CT molecular complexity index is 167. The summed E-state index contributed by atoms with van der Waals surface area (Å²) in [5.74, 6) is 0. The van der Waals surface area contributed by atoms with E-state index in [2.05, 4.69) is 13.8 Å². The van der Waals surface area contributed by atoms with Gasteiger partial charge in [-0.1, -0.05) is 39.5 Å². The molecule has 0 spiro atoms. The average Bonchev–Trinajstić information content (AvgIpc) is 2.45. The van der Waals surface area contributed by atoms with Crippen LogP contribution in [-0.4, -0.2) is 48.8 Å². The Kier molecular flexibility index (Phi) is 15.1. The SMILES string of the molecule is CCCCC(O)COCCCCOCC(O)CCCC. The molecule has 122 valence electrons. The molecule has 0 saturated heterocycles. The van der Waals surface area contributed by atoms with Crippen LogP contribution in [-0.2, 0) is 9.47 Å². The van der Waals surface area contributed by atoms with Crippen LogP contribution in [0.3, 0.4) is 0 Å². The van der Waals surface area contributed by atoms with E-state index < -0.39 is 0 Å². The molecule has 0 radical (unpaired) electrons. The first-order chi connectivity index (χ1) is 9.70. The summed E-state index contributed by atoms with van der Waals surface area (Å²) in [6.45, 7) is 6.46. The zero-order chi connectivity index (χ0) is 15.1. The lowest BCUT2D eigenvalue weighted by atomic mass is 10.2. The van der Waals surface area contributed by atoms with Crippen molar-refractivity contribution in [2.24, 2.45) is 0 Å². The highest BCUT2D eigenvalue weighted by atomic mass is 16.5. The van der Waals surface area contributed by atoms with Crippen LogP contribution in [0.25, 0.3) is 0 Å². The molecule has 0 bridgehead atoms. The second kappa shape index (κ2) is 15.2. The van der Waals surface area contributed by atoms with E-state index in [0.29, 0.717) is 26.4 Å². The molecule has 0 fully saturated rings. The van der Waals surface area contributed by atoms with Gasteiger partial charge < -0.3 is 19.7 Å². The number of hydrogen-bond acceptors (Lipinski definition) is 4.